The maximum Gasteiger partial charge on any atom is 0.242 e. The van der Waals surface area contributed by atoms with Crippen molar-refractivity contribution in [2.45, 2.75) is 36.8 Å². The molecular formula is C12H17BrN2O3S. The molecule has 19 heavy (non-hydrogen) atoms. The first-order chi connectivity index (χ1) is 8.74. The molecule has 0 saturated carbocycles. The molecule has 0 spiro atoms. The molecule has 1 saturated heterocycles. The van der Waals surface area contributed by atoms with Gasteiger partial charge in [-0.15, -0.1) is 0 Å². The fourth-order valence-electron chi connectivity index (χ4n) is 2.07. The van der Waals surface area contributed by atoms with Crippen molar-refractivity contribution in [3.63, 3.8) is 0 Å². The summed E-state index contributed by atoms with van der Waals surface area (Å²) in [4.78, 5) is 0.182. The lowest BCUT2D eigenvalue weighted by Gasteiger charge is -2.28. The Labute approximate surface area is 121 Å². The molecule has 1 heterocycles. The van der Waals surface area contributed by atoms with Gasteiger partial charge in [0.2, 0.25) is 10.0 Å². The number of sulfonamides is 1. The highest BCUT2D eigenvalue weighted by Crippen LogP contribution is 2.30. The van der Waals surface area contributed by atoms with Crippen LogP contribution in [0.3, 0.4) is 0 Å². The summed E-state index contributed by atoms with van der Waals surface area (Å²) in [5.41, 5.74) is 5.54. The van der Waals surface area contributed by atoms with E-state index < -0.39 is 15.6 Å². The minimum Gasteiger partial charge on any atom is -0.399 e. The first-order valence-corrected chi connectivity index (χ1v) is 8.23. The topological polar surface area (TPSA) is 81.4 Å². The van der Waals surface area contributed by atoms with Crippen LogP contribution in [0, 0.1) is 0 Å². The van der Waals surface area contributed by atoms with E-state index in [0.717, 1.165) is 0 Å². The van der Waals surface area contributed by atoms with Crippen LogP contribution in [0.15, 0.2) is 27.6 Å². The molecule has 1 aliphatic rings. The normalized spacial score (nSPS) is 27.6. The fraction of sp³-hybridized carbons (Fsp3) is 0.500. The van der Waals surface area contributed by atoms with Gasteiger partial charge in [-0.1, -0.05) is 0 Å². The minimum atomic E-state index is -3.61. The van der Waals surface area contributed by atoms with Crippen LogP contribution >= 0.6 is 15.9 Å². The van der Waals surface area contributed by atoms with Crippen LogP contribution in [0.25, 0.3) is 0 Å². The van der Waals surface area contributed by atoms with Crippen molar-refractivity contribution >= 4 is 31.6 Å². The van der Waals surface area contributed by atoms with Gasteiger partial charge in [0, 0.05) is 16.8 Å². The largest absolute Gasteiger partial charge is 0.399 e. The third-order valence-electron chi connectivity index (χ3n) is 3.50. The van der Waals surface area contributed by atoms with Gasteiger partial charge >= 0.3 is 0 Å². The lowest BCUT2D eigenvalue weighted by atomic mass is 9.97. The van der Waals surface area contributed by atoms with Crippen molar-refractivity contribution in [3.8, 4) is 0 Å². The summed E-state index contributed by atoms with van der Waals surface area (Å²) < 4.78 is 33.5. The van der Waals surface area contributed by atoms with E-state index in [1.165, 1.54) is 6.07 Å². The Morgan fingerprint density at radius 3 is 2.74 bits per heavy atom. The van der Waals surface area contributed by atoms with Gasteiger partial charge in [-0.3, -0.25) is 0 Å². The maximum atomic E-state index is 12.4. The van der Waals surface area contributed by atoms with E-state index in [4.69, 9.17) is 10.5 Å². The van der Waals surface area contributed by atoms with Gasteiger partial charge in [0.05, 0.1) is 16.5 Å². The van der Waals surface area contributed by atoms with Crippen molar-refractivity contribution in [3.05, 3.63) is 22.7 Å². The molecule has 0 amide bonds. The number of nitrogen functional groups attached to an aromatic ring is 1. The molecule has 0 aromatic heterocycles. The zero-order chi connectivity index (χ0) is 14.3. The Balaban J connectivity index is 2.33. The number of nitrogens with one attached hydrogen (secondary N) is 1. The Bertz CT molecular complexity index is 591. The van der Waals surface area contributed by atoms with Crippen LogP contribution in [0.1, 0.15) is 20.3 Å². The number of hydrogen-bond donors (Lipinski definition) is 2. The summed E-state index contributed by atoms with van der Waals surface area (Å²) in [7, 11) is -3.61. The number of anilines is 1. The van der Waals surface area contributed by atoms with Gasteiger partial charge in [0.15, 0.2) is 0 Å². The Kier molecular flexibility index (Phi) is 3.92. The molecular weight excluding hydrogens is 332 g/mol. The van der Waals surface area contributed by atoms with Crippen LogP contribution < -0.4 is 10.5 Å². The lowest BCUT2D eigenvalue weighted by molar-refractivity contribution is 0.0957. The smallest absolute Gasteiger partial charge is 0.242 e. The quantitative estimate of drug-likeness (QED) is 0.817. The summed E-state index contributed by atoms with van der Waals surface area (Å²) in [5.74, 6) is 0. The second-order valence-corrected chi connectivity index (χ2v) is 7.48. The molecule has 0 aliphatic carbocycles. The maximum absolute atomic E-state index is 12.4. The van der Waals surface area contributed by atoms with Gasteiger partial charge in [0.25, 0.3) is 0 Å². The van der Waals surface area contributed by atoms with Gasteiger partial charge in [-0.25, -0.2) is 13.1 Å². The molecule has 1 aromatic rings. The molecule has 0 bridgehead atoms. The monoisotopic (exact) mass is 348 g/mol. The van der Waals surface area contributed by atoms with Gasteiger partial charge in [0.1, 0.15) is 0 Å². The number of hydrogen-bond acceptors (Lipinski definition) is 4. The molecule has 1 fully saturated rings. The Morgan fingerprint density at radius 1 is 1.53 bits per heavy atom. The van der Waals surface area contributed by atoms with Crippen LogP contribution in [-0.2, 0) is 14.8 Å². The second-order valence-electron chi connectivity index (χ2n) is 4.98. The van der Waals surface area contributed by atoms with Crippen molar-refractivity contribution in [1.82, 2.24) is 4.72 Å². The van der Waals surface area contributed by atoms with Crippen molar-refractivity contribution < 1.29 is 13.2 Å². The van der Waals surface area contributed by atoms with Gasteiger partial charge in [-0.05, 0) is 54.4 Å². The fourth-order valence-corrected chi connectivity index (χ4v) is 4.66. The van der Waals surface area contributed by atoms with E-state index in [9.17, 15) is 8.42 Å². The van der Waals surface area contributed by atoms with E-state index in [0.29, 0.717) is 23.2 Å². The summed E-state index contributed by atoms with van der Waals surface area (Å²) in [6.07, 6.45) is 0.495. The molecule has 2 rings (SSSR count). The van der Waals surface area contributed by atoms with Crippen molar-refractivity contribution in [2.75, 3.05) is 12.3 Å². The van der Waals surface area contributed by atoms with Gasteiger partial charge in [-0.2, -0.15) is 0 Å². The highest BCUT2D eigenvalue weighted by atomic mass is 79.9. The number of nitrogens with two attached hydrogens (primary N) is 1. The van der Waals surface area contributed by atoms with E-state index in [1.54, 1.807) is 12.1 Å². The first kappa shape index (κ1) is 14.8. The van der Waals surface area contributed by atoms with Crippen LogP contribution in [0.4, 0.5) is 5.69 Å². The van der Waals surface area contributed by atoms with Gasteiger partial charge < -0.3 is 10.5 Å². The average Bonchev–Trinajstić information content (AvgIpc) is 2.57. The standard InChI is InChI=1S/C12H17BrN2O3S/c1-8-12(2,5-6-18-8)15-19(16,17)11-4-3-9(14)7-10(11)13/h3-4,7-8,15H,5-6,14H2,1-2H3. The minimum absolute atomic E-state index is 0.158. The number of benzene rings is 1. The third-order valence-corrected chi connectivity index (χ3v) is 6.09. The van der Waals surface area contributed by atoms with E-state index in [1.807, 2.05) is 13.8 Å². The average molecular weight is 349 g/mol. The molecule has 2 unspecified atom stereocenters. The molecule has 3 N–H and O–H groups in total. The third kappa shape index (κ3) is 2.94. The summed E-state index contributed by atoms with van der Waals surface area (Å²) in [6, 6.07) is 4.63. The van der Waals surface area contributed by atoms with E-state index >= 15 is 0 Å². The predicted molar refractivity (Wildman–Crippen MR) is 77.3 cm³/mol. The summed E-state index contributed by atoms with van der Waals surface area (Å²) in [6.45, 7) is 4.28. The predicted octanol–water partition coefficient (Wildman–Crippen LogP) is 1.88. The lowest BCUT2D eigenvalue weighted by Crippen LogP contribution is -2.50. The second kappa shape index (κ2) is 5.05. The molecule has 5 nitrogen and oxygen atoms in total. The highest BCUT2D eigenvalue weighted by molar-refractivity contribution is 9.10. The molecule has 0 radical (unpaired) electrons. The Hall–Kier alpha value is -0.630. The molecule has 1 aromatic carbocycles. The van der Waals surface area contributed by atoms with Crippen molar-refractivity contribution in [2.24, 2.45) is 0 Å². The zero-order valence-electron chi connectivity index (χ0n) is 10.8. The van der Waals surface area contributed by atoms with E-state index in [2.05, 4.69) is 20.7 Å². The first-order valence-electron chi connectivity index (χ1n) is 5.95. The Morgan fingerprint density at radius 2 is 2.21 bits per heavy atom. The molecule has 106 valence electrons. The van der Waals surface area contributed by atoms with Crippen LogP contribution in [-0.4, -0.2) is 26.7 Å². The molecule has 1 aliphatic heterocycles. The van der Waals surface area contributed by atoms with E-state index in [-0.39, 0.29) is 11.0 Å². The molecule has 2 atom stereocenters. The van der Waals surface area contributed by atoms with Crippen LogP contribution in [0.5, 0.6) is 0 Å². The zero-order valence-corrected chi connectivity index (χ0v) is 13.2. The van der Waals surface area contributed by atoms with Crippen LogP contribution in [0.2, 0.25) is 0 Å². The summed E-state index contributed by atoms with van der Waals surface area (Å²) >= 11 is 3.23. The highest BCUT2D eigenvalue weighted by Gasteiger charge is 2.40. The van der Waals surface area contributed by atoms with Crippen molar-refractivity contribution in [1.29, 1.82) is 0 Å². The number of ether oxygens (including phenoxy) is 1. The number of rotatable bonds is 3. The summed E-state index contributed by atoms with van der Waals surface area (Å²) in [5, 5.41) is 0. The molecule has 7 heteroatoms. The number of halogens is 1. The SMILES string of the molecule is CC1OCCC1(C)NS(=O)(=O)c1ccc(N)cc1Br.